The summed E-state index contributed by atoms with van der Waals surface area (Å²) in [5.41, 5.74) is 0. The Morgan fingerprint density at radius 2 is 1.96 bits per heavy atom. The number of anilines is 1. The van der Waals surface area contributed by atoms with E-state index in [1.54, 1.807) is 40.8 Å². The predicted octanol–water partition coefficient (Wildman–Crippen LogP) is 3.73. The van der Waals surface area contributed by atoms with Gasteiger partial charge in [0.2, 0.25) is 0 Å². The monoisotopic (exact) mass is 422 g/mol. The minimum absolute atomic E-state index is 0.0671. The third-order valence-corrected chi connectivity index (χ3v) is 5.79. The van der Waals surface area contributed by atoms with Crippen LogP contribution in [0.4, 0.5) is 5.82 Å². The Labute approximate surface area is 170 Å². The van der Waals surface area contributed by atoms with Crippen LogP contribution in [0, 0.1) is 0 Å². The molecule has 0 aliphatic carbocycles. The molecular weight excluding hydrogens is 407 g/mol. The molecule has 3 aromatic rings. The maximum atomic E-state index is 12.5. The predicted molar refractivity (Wildman–Crippen MR) is 108 cm³/mol. The van der Waals surface area contributed by atoms with Crippen LogP contribution >= 0.6 is 34.5 Å². The number of piperazine rings is 1. The van der Waals surface area contributed by atoms with Crippen molar-refractivity contribution in [1.82, 2.24) is 14.9 Å². The second kappa shape index (κ2) is 7.88. The number of ether oxygens (including phenoxy) is 1. The van der Waals surface area contributed by atoms with Gasteiger partial charge in [-0.3, -0.25) is 4.79 Å². The Kier molecular flexibility index (Phi) is 5.33. The summed E-state index contributed by atoms with van der Waals surface area (Å²) in [6, 6.07) is 6.97. The molecule has 9 heteroatoms. The van der Waals surface area contributed by atoms with E-state index in [4.69, 9.17) is 27.9 Å². The molecule has 1 amide bonds. The summed E-state index contributed by atoms with van der Waals surface area (Å²) in [5.74, 6) is 1.27. The number of rotatable bonds is 4. The Morgan fingerprint density at radius 1 is 1.15 bits per heavy atom. The van der Waals surface area contributed by atoms with Gasteiger partial charge in [-0.1, -0.05) is 23.2 Å². The largest absolute Gasteiger partial charge is 0.482 e. The molecule has 0 bridgehead atoms. The van der Waals surface area contributed by atoms with E-state index < -0.39 is 0 Å². The maximum Gasteiger partial charge on any atom is 0.260 e. The molecule has 0 saturated carbocycles. The topological polar surface area (TPSA) is 58.6 Å². The van der Waals surface area contributed by atoms with Crippen LogP contribution in [-0.2, 0) is 4.79 Å². The van der Waals surface area contributed by atoms with Gasteiger partial charge >= 0.3 is 0 Å². The molecule has 2 aromatic heterocycles. The van der Waals surface area contributed by atoms with Crippen LogP contribution in [0.15, 0.2) is 36.0 Å². The number of amides is 1. The molecule has 0 radical (unpaired) electrons. The smallest absolute Gasteiger partial charge is 0.260 e. The van der Waals surface area contributed by atoms with Crippen molar-refractivity contribution in [2.24, 2.45) is 0 Å². The van der Waals surface area contributed by atoms with Crippen LogP contribution in [-0.4, -0.2) is 53.6 Å². The molecule has 3 heterocycles. The standard InChI is InChI=1S/C18H16Cl2N4O2S/c19-12-1-2-14(20)15(9-12)26-10-16(25)23-4-6-24(7-5-23)17-13-3-8-27-18(13)22-11-21-17/h1-3,8-9,11H,4-7,10H2. The average Bonchev–Trinajstić information content (AvgIpc) is 3.17. The van der Waals surface area contributed by atoms with Crippen LogP contribution in [0.2, 0.25) is 10.0 Å². The van der Waals surface area contributed by atoms with Gasteiger partial charge in [-0.15, -0.1) is 11.3 Å². The number of thiophene rings is 1. The fourth-order valence-corrected chi connectivity index (χ4v) is 4.08. The zero-order valence-electron chi connectivity index (χ0n) is 14.3. The first-order valence-corrected chi connectivity index (χ1v) is 10.0. The van der Waals surface area contributed by atoms with E-state index >= 15 is 0 Å². The Hall–Kier alpha value is -2.09. The first-order chi connectivity index (χ1) is 13.1. The lowest BCUT2D eigenvalue weighted by atomic mass is 10.2. The maximum absolute atomic E-state index is 12.5. The SMILES string of the molecule is O=C(COc1cc(Cl)ccc1Cl)N1CCN(c2ncnc3sccc23)CC1. The zero-order chi connectivity index (χ0) is 18.8. The minimum Gasteiger partial charge on any atom is -0.482 e. The summed E-state index contributed by atoms with van der Waals surface area (Å²) in [4.78, 5) is 26.1. The van der Waals surface area contributed by atoms with Gasteiger partial charge in [-0.25, -0.2) is 9.97 Å². The number of nitrogens with zero attached hydrogens (tertiary/aromatic N) is 4. The first kappa shape index (κ1) is 18.3. The van der Waals surface area contributed by atoms with Crippen molar-refractivity contribution in [3.05, 3.63) is 46.0 Å². The molecule has 0 atom stereocenters. The van der Waals surface area contributed by atoms with Gasteiger partial charge in [-0.05, 0) is 23.6 Å². The van der Waals surface area contributed by atoms with Gasteiger partial charge in [0.25, 0.3) is 5.91 Å². The van der Waals surface area contributed by atoms with Crippen LogP contribution in [0.5, 0.6) is 5.75 Å². The van der Waals surface area contributed by atoms with Crippen molar-refractivity contribution in [2.75, 3.05) is 37.7 Å². The third-order valence-electron chi connectivity index (χ3n) is 4.42. The highest BCUT2D eigenvalue weighted by Crippen LogP contribution is 2.28. The van der Waals surface area contributed by atoms with E-state index in [-0.39, 0.29) is 12.5 Å². The summed E-state index contributed by atoms with van der Waals surface area (Å²) in [6.45, 7) is 2.59. The van der Waals surface area contributed by atoms with E-state index in [0.29, 0.717) is 42.0 Å². The molecule has 1 saturated heterocycles. The van der Waals surface area contributed by atoms with Crippen LogP contribution in [0.25, 0.3) is 10.2 Å². The quantitative estimate of drug-likeness (QED) is 0.640. The van der Waals surface area contributed by atoms with Crippen molar-refractivity contribution in [3.8, 4) is 5.75 Å². The first-order valence-electron chi connectivity index (χ1n) is 8.40. The van der Waals surface area contributed by atoms with Crippen molar-refractivity contribution >= 4 is 56.5 Å². The lowest BCUT2D eigenvalue weighted by Gasteiger charge is -2.35. The van der Waals surface area contributed by atoms with Crippen molar-refractivity contribution < 1.29 is 9.53 Å². The van der Waals surface area contributed by atoms with Crippen LogP contribution in [0.3, 0.4) is 0 Å². The van der Waals surface area contributed by atoms with E-state index in [1.165, 1.54) is 0 Å². The van der Waals surface area contributed by atoms with E-state index in [0.717, 1.165) is 16.0 Å². The fourth-order valence-electron chi connectivity index (χ4n) is 3.02. The average molecular weight is 423 g/mol. The van der Waals surface area contributed by atoms with Crippen molar-refractivity contribution in [3.63, 3.8) is 0 Å². The third kappa shape index (κ3) is 3.95. The number of carbonyl (C=O) groups is 1. The highest BCUT2D eigenvalue weighted by atomic mass is 35.5. The molecule has 6 nitrogen and oxygen atoms in total. The Bertz CT molecular complexity index is 973. The second-order valence-electron chi connectivity index (χ2n) is 6.07. The van der Waals surface area contributed by atoms with E-state index in [1.807, 2.05) is 11.4 Å². The molecule has 0 spiro atoms. The van der Waals surface area contributed by atoms with Gasteiger partial charge in [0.15, 0.2) is 6.61 Å². The minimum atomic E-state index is -0.0749. The number of carbonyl (C=O) groups excluding carboxylic acids is 1. The van der Waals surface area contributed by atoms with Crippen molar-refractivity contribution in [1.29, 1.82) is 0 Å². The number of hydrogen-bond acceptors (Lipinski definition) is 6. The number of aromatic nitrogens is 2. The fraction of sp³-hybridized carbons (Fsp3) is 0.278. The molecule has 140 valence electrons. The summed E-state index contributed by atoms with van der Waals surface area (Å²) >= 11 is 13.6. The van der Waals surface area contributed by atoms with Gasteiger partial charge in [0, 0.05) is 37.3 Å². The van der Waals surface area contributed by atoms with E-state index in [2.05, 4.69) is 14.9 Å². The molecule has 1 fully saturated rings. The van der Waals surface area contributed by atoms with Crippen LogP contribution in [0.1, 0.15) is 0 Å². The van der Waals surface area contributed by atoms with Gasteiger partial charge in [-0.2, -0.15) is 0 Å². The highest BCUT2D eigenvalue weighted by molar-refractivity contribution is 7.16. The normalized spacial score (nSPS) is 14.6. The molecule has 0 unspecified atom stereocenters. The molecule has 0 N–H and O–H groups in total. The van der Waals surface area contributed by atoms with E-state index in [9.17, 15) is 4.79 Å². The zero-order valence-corrected chi connectivity index (χ0v) is 16.6. The van der Waals surface area contributed by atoms with Gasteiger partial charge in [0.05, 0.1) is 10.4 Å². The summed E-state index contributed by atoms with van der Waals surface area (Å²) in [6.07, 6.45) is 1.59. The molecule has 1 aliphatic heterocycles. The molecule has 1 aliphatic rings. The molecule has 27 heavy (non-hydrogen) atoms. The number of benzene rings is 1. The lowest BCUT2D eigenvalue weighted by Crippen LogP contribution is -2.50. The molecule has 4 rings (SSSR count). The van der Waals surface area contributed by atoms with Gasteiger partial charge < -0.3 is 14.5 Å². The summed E-state index contributed by atoms with van der Waals surface area (Å²) in [5, 5.41) is 4.02. The Morgan fingerprint density at radius 3 is 2.78 bits per heavy atom. The number of hydrogen-bond donors (Lipinski definition) is 0. The lowest BCUT2D eigenvalue weighted by molar-refractivity contribution is -0.133. The Balaban J connectivity index is 1.35. The number of halogens is 2. The summed E-state index contributed by atoms with van der Waals surface area (Å²) in [7, 11) is 0. The van der Waals surface area contributed by atoms with Gasteiger partial charge in [0.1, 0.15) is 22.7 Å². The number of fused-ring (bicyclic) bond motifs is 1. The van der Waals surface area contributed by atoms with Crippen LogP contribution < -0.4 is 9.64 Å². The highest BCUT2D eigenvalue weighted by Gasteiger charge is 2.23. The second-order valence-corrected chi connectivity index (χ2v) is 7.81. The summed E-state index contributed by atoms with van der Waals surface area (Å²) < 4.78 is 5.55. The molecular formula is C18H16Cl2N4O2S. The van der Waals surface area contributed by atoms with Crippen molar-refractivity contribution in [2.45, 2.75) is 0 Å². The molecule has 1 aromatic carbocycles.